The van der Waals surface area contributed by atoms with Crippen LogP contribution in [0.25, 0.3) is 0 Å². The molecule has 26 heavy (non-hydrogen) atoms. The Morgan fingerprint density at radius 1 is 1.23 bits per heavy atom. The fourth-order valence-corrected chi connectivity index (χ4v) is 3.88. The Morgan fingerprint density at radius 2 is 2.04 bits per heavy atom. The number of piperidine rings is 1. The van der Waals surface area contributed by atoms with Gasteiger partial charge in [0.15, 0.2) is 5.78 Å². The average molecular weight is 375 g/mol. The van der Waals surface area contributed by atoms with Crippen LogP contribution >= 0.6 is 12.4 Å². The lowest BCUT2D eigenvalue weighted by atomic mass is 9.87. The first-order valence-corrected chi connectivity index (χ1v) is 8.87. The maximum atomic E-state index is 13.2. The number of halogens is 1. The van der Waals surface area contributed by atoms with Crippen LogP contribution in [0.2, 0.25) is 0 Å². The second-order valence-electron chi connectivity index (χ2n) is 6.83. The zero-order chi connectivity index (χ0) is 17.3. The number of benzene rings is 1. The van der Waals surface area contributed by atoms with E-state index < -0.39 is 5.54 Å². The van der Waals surface area contributed by atoms with Gasteiger partial charge in [-0.25, -0.2) is 0 Å². The van der Waals surface area contributed by atoms with Crippen LogP contribution in [0.1, 0.15) is 41.6 Å². The van der Waals surface area contributed by atoms with Crippen molar-refractivity contribution in [2.24, 2.45) is 0 Å². The topological polar surface area (TPSA) is 76.0 Å². The third kappa shape index (κ3) is 3.27. The quantitative estimate of drug-likeness (QED) is 0.865. The molecule has 2 aromatic rings. The Balaban J connectivity index is 0.00000196. The molecule has 0 radical (unpaired) electrons. The van der Waals surface area contributed by atoms with Crippen LogP contribution < -0.4 is 10.6 Å². The van der Waals surface area contributed by atoms with Crippen LogP contribution in [0.5, 0.6) is 0 Å². The Kier molecular flexibility index (Phi) is 5.44. The Bertz CT molecular complexity index is 798. The van der Waals surface area contributed by atoms with Crippen molar-refractivity contribution in [3.63, 3.8) is 0 Å². The predicted octanol–water partition coefficient (Wildman–Crippen LogP) is 2.54. The van der Waals surface area contributed by atoms with Gasteiger partial charge in [-0.2, -0.15) is 5.10 Å². The number of anilines is 1. The van der Waals surface area contributed by atoms with Gasteiger partial charge in [0.2, 0.25) is 0 Å². The summed E-state index contributed by atoms with van der Waals surface area (Å²) in [5.41, 5.74) is 1.83. The number of rotatable bonds is 3. The third-order valence-corrected chi connectivity index (χ3v) is 5.31. The first kappa shape index (κ1) is 18.6. The van der Waals surface area contributed by atoms with Gasteiger partial charge in [-0.3, -0.25) is 14.3 Å². The van der Waals surface area contributed by atoms with Crippen LogP contribution in [0, 0.1) is 0 Å². The van der Waals surface area contributed by atoms with Crippen molar-refractivity contribution >= 4 is 29.8 Å². The van der Waals surface area contributed by atoms with Crippen LogP contribution in [0.15, 0.2) is 36.7 Å². The Hall–Kier alpha value is -2.18. The van der Waals surface area contributed by atoms with E-state index in [2.05, 4.69) is 15.7 Å². The minimum Gasteiger partial charge on any atom is -0.324 e. The minimum absolute atomic E-state index is 0. The van der Waals surface area contributed by atoms with Gasteiger partial charge >= 0.3 is 0 Å². The highest BCUT2D eigenvalue weighted by Crippen LogP contribution is 2.30. The molecule has 6 nitrogen and oxygen atoms in total. The molecule has 0 spiro atoms. The Morgan fingerprint density at radius 3 is 2.77 bits per heavy atom. The van der Waals surface area contributed by atoms with E-state index in [1.807, 2.05) is 30.5 Å². The fraction of sp³-hybridized carbons (Fsp3) is 0.421. The van der Waals surface area contributed by atoms with Gasteiger partial charge in [0, 0.05) is 30.1 Å². The summed E-state index contributed by atoms with van der Waals surface area (Å²) < 4.78 is 1.77. The standard InChI is InChI=1S/C19H22N4O2.ClH/c24-17-4-1-3-14-5-6-15(13-16(14)17)22-18(25)19(7-10-20-11-8-19)23-12-2-9-21-23;/h2,5-6,9,12-13,20H,1,3-4,7-8,10-11H2,(H,22,25);1H. The van der Waals surface area contributed by atoms with Gasteiger partial charge in [-0.05, 0) is 62.5 Å². The van der Waals surface area contributed by atoms with Crippen LogP contribution in [-0.2, 0) is 16.8 Å². The minimum atomic E-state index is -0.686. The summed E-state index contributed by atoms with van der Waals surface area (Å²) >= 11 is 0. The summed E-state index contributed by atoms with van der Waals surface area (Å²) in [7, 11) is 0. The smallest absolute Gasteiger partial charge is 0.252 e. The van der Waals surface area contributed by atoms with Crippen LogP contribution in [0.4, 0.5) is 5.69 Å². The second-order valence-corrected chi connectivity index (χ2v) is 6.83. The molecule has 0 unspecified atom stereocenters. The van der Waals surface area contributed by atoms with Gasteiger partial charge in [0.1, 0.15) is 5.54 Å². The maximum Gasteiger partial charge on any atom is 0.252 e. The van der Waals surface area contributed by atoms with E-state index in [1.54, 1.807) is 10.9 Å². The summed E-state index contributed by atoms with van der Waals surface area (Å²) in [6.07, 6.45) is 7.35. The number of fused-ring (bicyclic) bond motifs is 1. The van der Waals surface area contributed by atoms with Crippen molar-refractivity contribution in [1.29, 1.82) is 0 Å². The van der Waals surface area contributed by atoms with Crippen molar-refractivity contribution in [3.05, 3.63) is 47.8 Å². The van der Waals surface area contributed by atoms with Crippen molar-refractivity contribution in [1.82, 2.24) is 15.1 Å². The highest BCUT2D eigenvalue weighted by molar-refractivity contribution is 6.01. The number of carbonyl (C=O) groups is 2. The summed E-state index contributed by atoms with van der Waals surface area (Å²) in [6.45, 7) is 1.55. The van der Waals surface area contributed by atoms with E-state index in [0.29, 0.717) is 24.9 Å². The fourth-order valence-electron chi connectivity index (χ4n) is 3.88. The highest BCUT2D eigenvalue weighted by Gasteiger charge is 2.42. The maximum absolute atomic E-state index is 13.2. The number of nitrogens with one attached hydrogen (secondary N) is 2. The SMILES string of the molecule is Cl.O=C1CCCc2ccc(NC(=O)C3(n4cccn4)CCNCC3)cc21. The number of carbonyl (C=O) groups excluding carboxylic acids is 2. The zero-order valence-electron chi connectivity index (χ0n) is 14.5. The molecule has 4 rings (SSSR count). The van der Waals surface area contributed by atoms with E-state index >= 15 is 0 Å². The predicted molar refractivity (Wildman–Crippen MR) is 102 cm³/mol. The van der Waals surface area contributed by atoms with E-state index in [0.717, 1.165) is 37.1 Å². The lowest BCUT2D eigenvalue weighted by Crippen LogP contribution is -2.52. The second kappa shape index (κ2) is 7.60. The normalized spacial score (nSPS) is 18.5. The number of hydrogen-bond acceptors (Lipinski definition) is 4. The molecule has 0 atom stereocenters. The molecule has 2 heterocycles. The molecule has 2 N–H and O–H groups in total. The van der Waals surface area contributed by atoms with Gasteiger partial charge in [-0.1, -0.05) is 6.07 Å². The lowest BCUT2D eigenvalue weighted by Gasteiger charge is -2.36. The highest BCUT2D eigenvalue weighted by atomic mass is 35.5. The number of ketones is 1. The average Bonchev–Trinajstić information content (AvgIpc) is 3.18. The van der Waals surface area contributed by atoms with E-state index in [4.69, 9.17) is 0 Å². The van der Waals surface area contributed by atoms with Gasteiger partial charge in [0.05, 0.1) is 0 Å². The van der Waals surface area contributed by atoms with Crippen LogP contribution in [0.3, 0.4) is 0 Å². The van der Waals surface area contributed by atoms with Crippen molar-refractivity contribution in [2.75, 3.05) is 18.4 Å². The number of aromatic nitrogens is 2. The lowest BCUT2D eigenvalue weighted by molar-refractivity contribution is -0.126. The molecule has 1 aromatic heterocycles. The molecule has 2 aliphatic rings. The van der Waals surface area contributed by atoms with E-state index in [9.17, 15) is 9.59 Å². The molecule has 1 aliphatic carbocycles. The Labute approximate surface area is 158 Å². The molecule has 1 amide bonds. The van der Waals surface area contributed by atoms with Gasteiger partial charge < -0.3 is 10.6 Å². The number of Topliss-reactive ketones (excluding diaryl/α,β-unsaturated/α-hetero) is 1. The first-order chi connectivity index (χ1) is 12.2. The number of aryl methyl sites for hydroxylation is 1. The van der Waals surface area contributed by atoms with Crippen molar-refractivity contribution in [3.8, 4) is 0 Å². The zero-order valence-corrected chi connectivity index (χ0v) is 15.3. The molecule has 7 heteroatoms. The number of hydrogen-bond donors (Lipinski definition) is 2. The van der Waals surface area contributed by atoms with E-state index in [1.165, 1.54) is 0 Å². The molecule has 0 bridgehead atoms. The summed E-state index contributed by atoms with van der Waals surface area (Å²) in [4.78, 5) is 25.3. The van der Waals surface area contributed by atoms with Gasteiger partial charge in [0.25, 0.3) is 5.91 Å². The number of amides is 1. The molecule has 1 saturated heterocycles. The molecule has 0 saturated carbocycles. The summed E-state index contributed by atoms with van der Waals surface area (Å²) in [6, 6.07) is 7.53. The molecule has 1 fully saturated rings. The molecule has 138 valence electrons. The molecule has 1 aromatic carbocycles. The summed E-state index contributed by atoms with van der Waals surface area (Å²) in [5.74, 6) is 0.0990. The molecule has 1 aliphatic heterocycles. The van der Waals surface area contributed by atoms with Crippen LogP contribution in [-0.4, -0.2) is 34.6 Å². The van der Waals surface area contributed by atoms with Crippen molar-refractivity contribution in [2.45, 2.75) is 37.6 Å². The van der Waals surface area contributed by atoms with Crippen molar-refractivity contribution < 1.29 is 9.59 Å². The molecular weight excluding hydrogens is 352 g/mol. The third-order valence-electron chi connectivity index (χ3n) is 5.31. The largest absolute Gasteiger partial charge is 0.324 e. The first-order valence-electron chi connectivity index (χ1n) is 8.87. The monoisotopic (exact) mass is 374 g/mol. The summed E-state index contributed by atoms with van der Waals surface area (Å²) in [5, 5.41) is 10.7. The molecular formula is C19H23ClN4O2. The van der Waals surface area contributed by atoms with Gasteiger partial charge in [-0.15, -0.1) is 12.4 Å². The van der Waals surface area contributed by atoms with E-state index in [-0.39, 0.29) is 24.1 Å². The number of nitrogens with zero attached hydrogens (tertiary/aromatic N) is 2.